The number of anilines is 1. The Hall–Kier alpha value is -1.78. The van der Waals surface area contributed by atoms with Gasteiger partial charge in [-0.25, -0.2) is 9.97 Å². The van der Waals surface area contributed by atoms with Gasteiger partial charge in [0.2, 0.25) is 5.95 Å². The Balaban J connectivity index is 1.87. The predicted molar refractivity (Wildman–Crippen MR) is 63.3 cm³/mol. The molecule has 0 aromatic carbocycles. The third kappa shape index (κ3) is 2.42. The molecule has 0 saturated carbocycles. The number of hydrogen-bond acceptors (Lipinski definition) is 3. The van der Waals surface area contributed by atoms with Crippen LogP contribution in [0.1, 0.15) is 19.9 Å². The van der Waals surface area contributed by atoms with E-state index in [-0.39, 0.29) is 0 Å². The molecule has 0 aliphatic carbocycles. The van der Waals surface area contributed by atoms with Gasteiger partial charge in [0.15, 0.2) is 0 Å². The SMILES string of the molecule is CC(C)n1ccnc1NCCn1ccnc1. The molecule has 2 aromatic heterocycles. The Morgan fingerprint density at radius 2 is 2.19 bits per heavy atom. The van der Waals surface area contributed by atoms with E-state index in [1.165, 1.54) is 0 Å². The molecule has 5 heteroatoms. The molecule has 16 heavy (non-hydrogen) atoms. The van der Waals surface area contributed by atoms with Crippen LogP contribution in [0.15, 0.2) is 31.1 Å². The zero-order chi connectivity index (χ0) is 11.4. The molecule has 0 spiro atoms. The first-order chi connectivity index (χ1) is 7.77. The zero-order valence-corrected chi connectivity index (χ0v) is 9.67. The topological polar surface area (TPSA) is 47.7 Å². The standard InChI is InChI=1S/C11H17N5/c1-10(2)16-8-5-14-11(16)13-4-7-15-6-3-12-9-15/h3,5-6,8-10H,4,7H2,1-2H3,(H,13,14). The molecule has 0 amide bonds. The van der Waals surface area contributed by atoms with Gasteiger partial charge in [0.05, 0.1) is 6.33 Å². The highest BCUT2D eigenvalue weighted by atomic mass is 15.2. The van der Waals surface area contributed by atoms with Gasteiger partial charge in [-0.05, 0) is 13.8 Å². The van der Waals surface area contributed by atoms with E-state index in [1.807, 2.05) is 29.5 Å². The van der Waals surface area contributed by atoms with E-state index < -0.39 is 0 Å². The van der Waals surface area contributed by atoms with Crippen LogP contribution in [0.25, 0.3) is 0 Å². The van der Waals surface area contributed by atoms with Gasteiger partial charge < -0.3 is 14.5 Å². The Labute approximate surface area is 95.1 Å². The minimum atomic E-state index is 0.429. The number of nitrogens with zero attached hydrogens (tertiary/aromatic N) is 4. The first-order valence-electron chi connectivity index (χ1n) is 5.50. The molecule has 0 atom stereocenters. The van der Waals surface area contributed by atoms with E-state index in [4.69, 9.17) is 0 Å². The maximum Gasteiger partial charge on any atom is 0.203 e. The van der Waals surface area contributed by atoms with Crippen LogP contribution in [0.4, 0.5) is 5.95 Å². The van der Waals surface area contributed by atoms with Crippen LogP contribution < -0.4 is 5.32 Å². The van der Waals surface area contributed by atoms with Gasteiger partial charge in [0, 0.05) is 43.9 Å². The number of aromatic nitrogens is 4. The van der Waals surface area contributed by atoms with Crippen molar-refractivity contribution in [1.82, 2.24) is 19.1 Å². The Kier molecular flexibility index (Phi) is 3.24. The smallest absolute Gasteiger partial charge is 0.203 e. The molecule has 1 N–H and O–H groups in total. The van der Waals surface area contributed by atoms with E-state index in [1.54, 1.807) is 6.20 Å². The monoisotopic (exact) mass is 219 g/mol. The summed E-state index contributed by atoms with van der Waals surface area (Å²) in [7, 11) is 0. The second-order valence-electron chi connectivity index (χ2n) is 3.98. The minimum absolute atomic E-state index is 0.429. The third-order valence-corrected chi connectivity index (χ3v) is 2.44. The van der Waals surface area contributed by atoms with Crippen molar-refractivity contribution in [2.45, 2.75) is 26.4 Å². The summed E-state index contributed by atoms with van der Waals surface area (Å²) in [6, 6.07) is 0.429. The molecule has 86 valence electrons. The van der Waals surface area contributed by atoms with E-state index >= 15 is 0 Å². The summed E-state index contributed by atoms with van der Waals surface area (Å²) in [6.07, 6.45) is 9.37. The molecule has 0 unspecified atom stereocenters. The number of rotatable bonds is 5. The van der Waals surface area contributed by atoms with E-state index in [2.05, 4.69) is 33.7 Å². The molecular formula is C11H17N5. The van der Waals surface area contributed by atoms with Crippen molar-refractivity contribution in [3.63, 3.8) is 0 Å². The average Bonchev–Trinajstić information content (AvgIpc) is 2.87. The summed E-state index contributed by atoms with van der Waals surface area (Å²) in [5, 5.41) is 3.32. The predicted octanol–water partition coefficient (Wildman–Crippen LogP) is 1.77. The number of hydrogen-bond donors (Lipinski definition) is 1. The normalized spacial score (nSPS) is 10.9. The van der Waals surface area contributed by atoms with Crippen molar-refractivity contribution in [3.05, 3.63) is 31.1 Å². The van der Waals surface area contributed by atoms with Crippen LogP contribution in [0.2, 0.25) is 0 Å². The van der Waals surface area contributed by atoms with Crippen molar-refractivity contribution >= 4 is 5.95 Å². The van der Waals surface area contributed by atoms with Gasteiger partial charge in [0.1, 0.15) is 0 Å². The second-order valence-corrected chi connectivity index (χ2v) is 3.98. The van der Waals surface area contributed by atoms with Gasteiger partial charge in [-0.15, -0.1) is 0 Å². The van der Waals surface area contributed by atoms with Crippen molar-refractivity contribution in [2.75, 3.05) is 11.9 Å². The van der Waals surface area contributed by atoms with E-state index in [9.17, 15) is 0 Å². The molecule has 0 aliphatic rings. The van der Waals surface area contributed by atoms with Crippen molar-refractivity contribution in [3.8, 4) is 0 Å². The summed E-state index contributed by atoms with van der Waals surface area (Å²) in [4.78, 5) is 8.28. The highest BCUT2D eigenvalue weighted by Gasteiger charge is 2.04. The lowest BCUT2D eigenvalue weighted by Gasteiger charge is -2.12. The summed E-state index contributed by atoms with van der Waals surface area (Å²) >= 11 is 0. The molecule has 2 heterocycles. The molecule has 0 fully saturated rings. The Morgan fingerprint density at radius 3 is 2.88 bits per heavy atom. The summed E-state index contributed by atoms with van der Waals surface area (Å²) in [6.45, 7) is 6.02. The molecule has 0 aliphatic heterocycles. The first-order valence-corrected chi connectivity index (χ1v) is 5.50. The van der Waals surface area contributed by atoms with Crippen LogP contribution in [0.3, 0.4) is 0 Å². The van der Waals surface area contributed by atoms with Crippen LogP contribution in [-0.4, -0.2) is 25.6 Å². The van der Waals surface area contributed by atoms with E-state index in [0.717, 1.165) is 19.0 Å². The number of imidazole rings is 2. The summed E-state index contributed by atoms with van der Waals surface area (Å²) < 4.78 is 4.16. The van der Waals surface area contributed by atoms with Crippen LogP contribution in [-0.2, 0) is 6.54 Å². The molecule has 0 bridgehead atoms. The fourth-order valence-corrected chi connectivity index (χ4v) is 1.58. The Bertz CT molecular complexity index is 415. The maximum absolute atomic E-state index is 4.28. The third-order valence-electron chi connectivity index (χ3n) is 2.44. The minimum Gasteiger partial charge on any atom is -0.354 e. The quantitative estimate of drug-likeness (QED) is 0.833. The molecule has 5 nitrogen and oxygen atoms in total. The van der Waals surface area contributed by atoms with Crippen molar-refractivity contribution in [2.24, 2.45) is 0 Å². The molecular weight excluding hydrogens is 202 g/mol. The van der Waals surface area contributed by atoms with Gasteiger partial charge in [-0.2, -0.15) is 0 Å². The van der Waals surface area contributed by atoms with Gasteiger partial charge in [0.25, 0.3) is 0 Å². The maximum atomic E-state index is 4.28. The van der Waals surface area contributed by atoms with Gasteiger partial charge in [-0.3, -0.25) is 0 Å². The lowest BCUT2D eigenvalue weighted by Crippen LogP contribution is -2.13. The van der Waals surface area contributed by atoms with Crippen LogP contribution >= 0.6 is 0 Å². The lowest BCUT2D eigenvalue weighted by molar-refractivity contribution is 0.601. The first kappa shape index (κ1) is 10.7. The largest absolute Gasteiger partial charge is 0.354 e. The fraction of sp³-hybridized carbons (Fsp3) is 0.455. The Morgan fingerprint density at radius 1 is 1.31 bits per heavy atom. The van der Waals surface area contributed by atoms with Crippen LogP contribution in [0.5, 0.6) is 0 Å². The van der Waals surface area contributed by atoms with Crippen molar-refractivity contribution in [1.29, 1.82) is 0 Å². The molecule has 0 radical (unpaired) electrons. The second kappa shape index (κ2) is 4.83. The van der Waals surface area contributed by atoms with Gasteiger partial charge >= 0.3 is 0 Å². The fourth-order valence-electron chi connectivity index (χ4n) is 1.58. The molecule has 2 rings (SSSR count). The average molecular weight is 219 g/mol. The van der Waals surface area contributed by atoms with Crippen LogP contribution in [0, 0.1) is 0 Å². The highest BCUT2D eigenvalue weighted by Crippen LogP contribution is 2.11. The summed E-state index contributed by atoms with van der Waals surface area (Å²) in [5.74, 6) is 0.926. The molecule has 0 saturated heterocycles. The highest BCUT2D eigenvalue weighted by molar-refractivity contribution is 5.26. The zero-order valence-electron chi connectivity index (χ0n) is 9.67. The van der Waals surface area contributed by atoms with Gasteiger partial charge in [-0.1, -0.05) is 0 Å². The van der Waals surface area contributed by atoms with Crippen molar-refractivity contribution < 1.29 is 0 Å². The summed E-state index contributed by atoms with van der Waals surface area (Å²) in [5.41, 5.74) is 0. The van der Waals surface area contributed by atoms with E-state index in [0.29, 0.717) is 6.04 Å². The number of nitrogens with one attached hydrogen (secondary N) is 1. The lowest BCUT2D eigenvalue weighted by atomic mass is 10.4. The molecule has 2 aromatic rings.